The van der Waals surface area contributed by atoms with E-state index in [1.807, 2.05) is 6.07 Å². The summed E-state index contributed by atoms with van der Waals surface area (Å²) < 4.78 is 29.7. The lowest BCUT2D eigenvalue weighted by Gasteiger charge is -2.18. The second-order valence-corrected chi connectivity index (χ2v) is 6.81. The number of rotatable bonds is 6. The molecular formula is C25H19FO5. The second kappa shape index (κ2) is 8.83. The molecule has 1 aromatic heterocycles. The van der Waals surface area contributed by atoms with Gasteiger partial charge >= 0.3 is 11.6 Å². The topological polar surface area (TPSA) is 65.7 Å². The van der Waals surface area contributed by atoms with Crippen molar-refractivity contribution in [2.45, 2.75) is 13.0 Å². The molecule has 0 fully saturated rings. The van der Waals surface area contributed by atoms with Gasteiger partial charge < -0.3 is 13.9 Å². The van der Waals surface area contributed by atoms with Crippen molar-refractivity contribution < 1.29 is 23.1 Å². The SMILES string of the molecule is CCOC(=O)C(Oc1ccc2cc(-c3ccc(F)cc3)c(=O)oc2c1)c1ccccc1. The molecule has 4 rings (SSSR count). The van der Waals surface area contributed by atoms with Gasteiger partial charge in [0, 0.05) is 17.0 Å². The number of fused-ring (bicyclic) bond motifs is 1. The molecular weight excluding hydrogens is 399 g/mol. The molecule has 0 saturated carbocycles. The van der Waals surface area contributed by atoms with Crippen LogP contribution in [0.5, 0.6) is 5.75 Å². The predicted molar refractivity (Wildman–Crippen MR) is 114 cm³/mol. The van der Waals surface area contributed by atoms with E-state index >= 15 is 0 Å². The van der Waals surface area contributed by atoms with Crippen molar-refractivity contribution in [3.05, 3.63) is 101 Å². The molecule has 3 aromatic carbocycles. The average molecular weight is 418 g/mol. The molecule has 0 bridgehead atoms. The third-order valence-corrected chi connectivity index (χ3v) is 4.72. The Labute approximate surface area is 177 Å². The number of carbonyl (C=O) groups is 1. The summed E-state index contributed by atoms with van der Waals surface area (Å²) in [4.78, 5) is 24.9. The van der Waals surface area contributed by atoms with Crippen molar-refractivity contribution in [3.8, 4) is 16.9 Å². The Morgan fingerprint density at radius 3 is 2.45 bits per heavy atom. The third-order valence-electron chi connectivity index (χ3n) is 4.72. The van der Waals surface area contributed by atoms with Crippen LogP contribution in [0.1, 0.15) is 18.6 Å². The van der Waals surface area contributed by atoms with E-state index in [-0.39, 0.29) is 12.4 Å². The van der Waals surface area contributed by atoms with Crippen molar-refractivity contribution in [3.63, 3.8) is 0 Å². The Morgan fingerprint density at radius 1 is 1.00 bits per heavy atom. The molecule has 31 heavy (non-hydrogen) atoms. The van der Waals surface area contributed by atoms with Crippen molar-refractivity contribution >= 4 is 16.9 Å². The lowest BCUT2D eigenvalue weighted by molar-refractivity contribution is -0.151. The largest absolute Gasteiger partial charge is 0.474 e. The number of benzene rings is 3. The zero-order valence-electron chi connectivity index (χ0n) is 16.7. The van der Waals surface area contributed by atoms with Crippen LogP contribution in [0.25, 0.3) is 22.1 Å². The van der Waals surface area contributed by atoms with Gasteiger partial charge in [-0.1, -0.05) is 42.5 Å². The van der Waals surface area contributed by atoms with Crippen LogP contribution in [0.15, 0.2) is 88.1 Å². The fourth-order valence-electron chi connectivity index (χ4n) is 3.23. The Kier molecular flexibility index (Phi) is 5.80. The number of ether oxygens (including phenoxy) is 2. The van der Waals surface area contributed by atoms with E-state index in [1.165, 1.54) is 24.3 Å². The van der Waals surface area contributed by atoms with Crippen molar-refractivity contribution in [2.75, 3.05) is 6.61 Å². The molecule has 1 heterocycles. The molecule has 0 aliphatic heterocycles. The summed E-state index contributed by atoms with van der Waals surface area (Å²) in [7, 11) is 0. The molecule has 0 radical (unpaired) electrons. The van der Waals surface area contributed by atoms with E-state index < -0.39 is 17.7 Å². The van der Waals surface area contributed by atoms with Gasteiger partial charge in [-0.05, 0) is 42.8 Å². The quantitative estimate of drug-likeness (QED) is 0.315. The minimum absolute atomic E-state index is 0.226. The molecule has 156 valence electrons. The summed E-state index contributed by atoms with van der Waals surface area (Å²) in [6.45, 7) is 1.95. The first-order valence-corrected chi connectivity index (χ1v) is 9.77. The summed E-state index contributed by atoms with van der Waals surface area (Å²) in [5.74, 6) is -0.542. The van der Waals surface area contributed by atoms with Crippen LogP contribution in [0.4, 0.5) is 4.39 Å². The van der Waals surface area contributed by atoms with E-state index in [0.717, 1.165) is 0 Å². The molecule has 0 saturated heterocycles. The first kappa shape index (κ1) is 20.3. The van der Waals surface area contributed by atoms with Gasteiger partial charge in [-0.2, -0.15) is 0 Å². The highest BCUT2D eigenvalue weighted by Gasteiger charge is 2.24. The normalized spacial score (nSPS) is 11.8. The first-order valence-electron chi connectivity index (χ1n) is 9.77. The number of hydrogen-bond acceptors (Lipinski definition) is 5. The maximum absolute atomic E-state index is 13.2. The highest BCUT2D eigenvalue weighted by molar-refractivity contribution is 5.83. The zero-order chi connectivity index (χ0) is 21.8. The maximum Gasteiger partial charge on any atom is 0.352 e. The summed E-state index contributed by atoms with van der Waals surface area (Å²) in [6, 6.07) is 21.3. The first-order chi connectivity index (χ1) is 15.0. The van der Waals surface area contributed by atoms with Gasteiger partial charge in [-0.25, -0.2) is 14.0 Å². The smallest absolute Gasteiger partial charge is 0.352 e. The molecule has 0 aliphatic rings. The number of halogens is 1. The Balaban J connectivity index is 1.68. The van der Waals surface area contributed by atoms with Crippen LogP contribution in [0.2, 0.25) is 0 Å². The minimum atomic E-state index is -0.955. The molecule has 5 nitrogen and oxygen atoms in total. The van der Waals surface area contributed by atoms with Crippen molar-refractivity contribution in [1.82, 2.24) is 0 Å². The Morgan fingerprint density at radius 2 is 1.74 bits per heavy atom. The van der Waals surface area contributed by atoms with E-state index in [9.17, 15) is 14.0 Å². The van der Waals surface area contributed by atoms with Gasteiger partial charge in [-0.3, -0.25) is 0 Å². The third kappa shape index (κ3) is 4.48. The average Bonchev–Trinajstić information content (AvgIpc) is 2.78. The molecule has 4 aromatic rings. The minimum Gasteiger partial charge on any atom is -0.474 e. The summed E-state index contributed by atoms with van der Waals surface area (Å²) in [5.41, 5.74) is 1.29. The standard InChI is InChI=1S/C25H19FO5/c1-2-29-25(28)23(17-6-4-3-5-7-17)30-20-13-10-18-14-21(24(27)31-22(18)15-20)16-8-11-19(26)12-9-16/h3-15,23H,2H2,1H3. The molecule has 1 unspecified atom stereocenters. The van der Waals surface area contributed by atoms with Crippen molar-refractivity contribution in [1.29, 1.82) is 0 Å². The summed E-state index contributed by atoms with van der Waals surface area (Å²) in [5, 5.41) is 0.665. The van der Waals surface area contributed by atoms with Gasteiger partial charge in [0.1, 0.15) is 17.1 Å². The molecule has 0 amide bonds. The number of carbonyl (C=O) groups excluding carboxylic acids is 1. The summed E-state index contributed by atoms with van der Waals surface area (Å²) in [6.07, 6.45) is -0.955. The predicted octanol–water partition coefficient (Wildman–Crippen LogP) is 5.28. The maximum atomic E-state index is 13.2. The number of esters is 1. The van der Waals surface area contributed by atoms with Gasteiger partial charge in [-0.15, -0.1) is 0 Å². The highest BCUT2D eigenvalue weighted by atomic mass is 19.1. The van der Waals surface area contributed by atoms with Crippen LogP contribution in [0.3, 0.4) is 0 Å². The van der Waals surface area contributed by atoms with E-state index in [1.54, 1.807) is 55.5 Å². The zero-order valence-corrected chi connectivity index (χ0v) is 16.7. The van der Waals surface area contributed by atoms with Crippen LogP contribution >= 0.6 is 0 Å². The molecule has 0 spiro atoms. The Hall–Kier alpha value is -3.93. The highest BCUT2D eigenvalue weighted by Crippen LogP contribution is 2.28. The van der Waals surface area contributed by atoms with Crippen LogP contribution in [-0.2, 0) is 9.53 Å². The number of hydrogen-bond donors (Lipinski definition) is 0. The van der Waals surface area contributed by atoms with Gasteiger partial charge in [0.05, 0.1) is 12.2 Å². The molecule has 0 N–H and O–H groups in total. The van der Waals surface area contributed by atoms with E-state index in [2.05, 4.69) is 0 Å². The van der Waals surface area contributed by atoms with Gasteiger partial charge in [0.15, 0.2) is 0 Å². The lowest BCUT2D eigenvalue weighted by Crippen LogP contribution is -2.21. The second-order valence-electron chi connectivity index (χ2n) is 6.81. The molecule has 0 aliphatic carbocycles. The monoisotopic (exact) mass is 418 g/mol. The Bertz CT molecular complexity index is 1260. The van der Waals surface area contributed by atoms with Crippen LogP contribution in [-0.4, -0.2) is 12.6 Å². The van der Waals surface area contributed by atoms with E-state index in [4.69, 9.17) is 13.9 Å². The molecule has 6 heteroatoms. The van der Waals surface area contributed by atoms with Gasteiger partial charge in [0.2, 0.25) is 6.10 Å². The van der Waals surface area contributed by atoms with Crippen molar-refractivity contribution in [2.24, 2.45) is 0 Å². The molecule has 1 atom stereocenters. The summed E-state index contributed by atoms with van der Waals surface area (Å²) >= 11 is 0. The van der Waals surface area contributed by atoms with Crippen LogP contribution in [0, 0.1) is 5.82 Å². The van der Waals surface area contributed by atoms with Gasteiger partial charge in [0.25, 0.3) is 0 Å². The van der Waals surface area contributed by atoms with Crippen LogP contribution < -0.4 is 10.4 Å². The fraction of sp³-hybridized carbons (Fsp3) is 0.120. The van der Waals surface area contributed by atoms with E-state index in [0.29, 0.717) is 33.4 Å². The fourth-order valence-corrected chi connectivity index (χ4v) is 3.23. The lowest BCUT2D eigenvalue weighted by atomic mass is 10.1.